The van der Waals surface area contributed by atoms with Crippen molar-refractivity contribution < 1.29 is 4.74 Å². The summed E-state index contributed by atoms with van der Waals surface area (Å²) in [7, 11) is 1.79. The lowest BCUT2D eigenvalue weighted by molar-refractivity contribution is 0.141. The van der Waals surface area contributed by atoms with Crippen LogP contribution in [-0.2, 0) is 11.3 Å². The molecule has 1 aromatic heterocycles. The molecule has 1 aliphatic carbocycles. The maximum atomic E-state index is 5.32. The summed E-state index contributed by atoms with van der Waals surface area (Å²) in [6.07, 6.45) is 10.1. The predicted octanol–water partition coefficient (Wildman–Crippen LogP) is 2.67. The van der Waals surface area contributed by atoms with Crippen molar-refractivity contribution in [2.45, 2.75) is 52.5 Å². The standard InChI is InChI=1S/C19H35N5O/c1-4-20-18(21-14-17(2)15-24-12-7-11-23-24)22-16-19(10-13-25-3)8-5-6-9-19/h7,11-12,17H,4-6,8-10,13-16H2,1-3H3,(H2,20,21,22). The Hall–Kier alpha value is -1.56. The van der Waals surface area contributed by atoms with Gasteiger partial charge in [-0.25, -0.2) is 0 Å². The van der Waals surface area contributed by atoms with E-state index in [4.69, 9.17) is 9.73 Å². The van der Waals surface area contributed by atoms with Crippen LogP contribution in [0.2, 0.25) is 0 Å². The number of ether oxygens (including phenoxy) is 1. The van der Waals surface area contributed by atoms with Gasteiger partial charge in [-0.15, -0.1) is 0 Å². The van der Waals surface area contributed by atoms with E-state index < -0.39 is 0 Å². The van der Waals surface area contributed by atoms with Gasteiger partial charge in [-0.05, 0) is 43.6 Å². The third-order valence-corrected chi connectivity index (χ3v) is 5.09. The highest BCUT2D eigenvalue weighted by Gasteiger charge is 2.33. The molecule has 142 valence electrons. The molecule has 6 nitrogen and oxygen atoms in total. The first-order chi connectivity index (χ1) is 12.2. The minimum Gasteiger partial charge on any atom is -0.385 e. The third kappa shape index (κ3) is 6.69. The van der Waals surface area contributed by atoms with Gasteiger partial charge in [-0.3, -0.25) is 9.67 Å². The second-order valence-electron chi connectivity index (χ2n) is 7.36. The van der Waals surface area contributed by atoms with Gasteiger partial charge >= 0.3 is 0 Å². The maximum absolute atomic E-state index is 5.32. The minimum absolute atomic E-state index is 0.332. The Balaban J connectivity index is 1.86. The molecule has 1 aliphatic rings. The fourth-order valence-corrected chi connectivity index (χ4v) is 3.58. The summed E-state index contributed by atoms with van der Waals surface area (Å²) in [5, 5.41) is 11.2. The van der Waals surface area contributed by atoms with E-state index in [1.807, 2.05) is 23.1 Å². The number of nitrogens with one attached hydrogen (secondary N) is 2. The van der Waals surface area contributed by atoms with E-state index in [-0.39, 0.29) is 0 Å². The van der Waals surface area contributed by atoms with Crippen molar-refractivity contribution in [3.63, 3.8) is 0 Å². The average Bonchev–Trinajstić information content (AvgIpc) is 3.28. The SMILES string of the molecule is CCNC(=NCC1(CCOC)CCCC1)NCC(C)Cn1cccn1. The van der Waals surface area contributed by atoms with Gasteiger partial charge < -0.3 is 15.4 Å². The van der Waals surface area contributed by atoms with Crippen LogP contribution >= 0.6 is 0 Å². The third-order valence-electron chi connectivity index (χ3n) is 5.09. The molecule has 0 aromatic carbocycles. The molecule has 0 bridgehead atoms. The largest absolute Gasteiger partial charge is 0.385 e. The van der Waals surface area contributed by atoms with E-state index in [1.165, 1.54) is 25.7 Å². The number of hydrogen-bond donors (Lipinski definition) is 2. The van der Waals surface area contributed by atoms with Gasteiger partial charge in [0.15, 0.2) is 5.96 Å². The van der Waals surface area contributed by atoms with Crippen molar-refractivity contribution >= 4 is 5.96 Å². The van der Waals surface area contributed by atoms with Crippen LogP contribution < -0.4 is 10.6 Å². The Kier molecular flexibility index (Phi) is 8.25. The van der Waals surface area contributed by atoms with Gasteiger partial charge in [0.05, 0.1) is 0 Å². The fraction of sp³-hybridized carbons (Fsp3) is 0.789. The molecule has 1 atom stereocenters. The van der Waals surface area contributed by atoms with Gasteiger partial charge in [-0.1, -0.05) is 19.8 Å². The van der Waals surface area contributed by atoms with E-state index in [2.05, 4.69) is 29.6 Å². The lowest BCUT2D eigenvalue weighted by atomic mass is 9.83. The Bertz CT molecular complexity index is 494. The molecular weight excluding hydrogens is 314 g/mol. The Morgan fingerprint density at radius 2 is 2.16 bits per heavy atom. The van der Waals surface area contributed by atoms with Crippen LogP contribution in [0.4, 0.5) is 0 Å². The van der Waals surface area contributed by atoms with Crippen LogP contribution in [0.5, 0.6) is 0 Å². The summed E-state index contributed by atoms with van der Waals surface area (Å²) in [5.41, 5.74) is 0.332. The first-order valence-corrected chi connectivity index (χ1v) is 9.66. The highest BCUT2D eigenvalue weighted by Crippen LogP contribution is 2.41. The van der Waals surface area contributed by atoms with Crippen LogP contribution in [0.25, 0.3) is 0 Å². The number of guanidine groups is 1. The van der Waals surface area contributed by atoms with Gasteiger partial charge in [0.25, 0.3) is 0 Å². The Morgan fingerprint density at radius 3 is 2.80 bits per heavy atom. The van der Waals surface area contributed by atoms with Gasteiger partial charge in [0.1, 0.15) is 0 Å². The lowest BCUT2D eigenvalue weighted by Gasteiger charge is -2.27. The zero-order chi connectivity index (χ0) is 18.0. The molecule has 1 heterocycles. The Morgan fingerprint density at radius 1 is 1.36 bits per heavy atom. The monoisotopic (exact) mass is 349 g/mol. The van der Waals surface area contributed by atoms with Crippen molar-refractivity contribution in [2.24, 2.45) is 16.3 Å². The molecule has 1 unspecified atom stereocenters. The zero-order valence-electron chi connectivity index (χ0n) is 16.1. The maximum Gasteiger partial charge on any atom is 0.191 e. The summed E-state index contributed by atoms with van der Waals surface area (Å²) in [4.78, 5) is 4.91. The number of rotatable bonds is 10. The van der Waals surface area contributed by atoms with Crippen molar-refractivity contribution in [1.82, 2.24) is 20.4 Å². The molecule has 0 aliphatic heterocycles. The van der Waals surface area contributed by atoms with Crippen LogP contribution in [0.15, 0.2) is 23.5 Å². The Labute approximate surface area is 152 Å². The molecule has 0 radical (unpaired) electrons. The van der Waals surface area contributed by atoms with E-state index in [0.717, 1.165) is 45.2 Å². The lowest BCUT2D eigenvalue weighted by Crippen LogP contribution is -2.41. The first-order valence-electron chi connectivity index (χ1n) is 9.66. The van der Waals surface area contributed by atoms with E-state index in [9.17, 15) is 0 Å². The minimum atomic E-state index is 0.332. The number of methoxy groups -OCH3 is 1. The van der Waals surface area contributed by atoms with Crippen molar-refractivity contribution in [3.8, 4) is 0 Å². The normalized spacial score (nSPS) is 18.3. The van der Waals surface area contributed by atoms with E-state index in [0.29, 0.717) is 11.3 Å². The zero-order valence-corrected chi connectivity index (χ0v) is 16.1. The van der Waals surface area contributed by atoms with Crippen LogP contribution in [-0.4, -0.2) is 49.1 Å². The van der Waals surface area contributed by atoms with E-state index >= 15 is 0 Å². The molecule has 1 fully saturated rings. The molecule has 0 spiro atoms. The predicted molar refractivity (Wildman–Crippen MR) is 103 cm³/mol. The van der Waals surface area contributed by atoms with Crippen LogP contribution in [0, 0.1) is 11.3 Å². The number of hydrogen-bond acceptors (Lipinski definition) is 3. The molecule has 2 rings (SSSR count). The number of aliphatic imine (C=N–C) groups is 1. The molecular formula is C19H35N5O. The second-order valence-corrected chi connectivity index (χ2v) is 7.36. The smallest absolute Gasteiger partial charge is 0.191 e. The molecule has 1 aromatic rings. The molecule has 6 heteroatoms. The average molecular weight is 350 g/mol. The molecule has 0 saturated heterocycles. The van der Waals surface area contributed by atoms with Crippen LogP contribution in [0.3, 0.4) is 0 Å². The topological polar surface area (TPSA) is 63.5 Å². The summed E-state index contributed by atoms with van der Waals surface area (Å²) in [6, 6.07) is 1.97. The summed E-state index contributed by atoms with van der Waals surface area (Å²) < 4.78 is 7.30. The van der Waals surface area contributed by atoms with Crippen molar-refractivity contribution in [2.75, 3.05) is 33.4 Å². The first kappa shape index (κ1) is 19.8. The van der Waals surface area contributed by atoms with Crippen molar-refractivity contribution in [1.29, 1.82) is 0 Å². The second kappa shape index (κ2) is 10.4. The highest BCUT2D eigenvalue weighted by atomic mass is 16.5. The molecule has 1 saturated carbocycles. The summed E-state index contributed by atoms with van der Waals surface area (Å²) >= 11 is 0. The van der Waals surface area contributed by atoms with Gasteiger partial charge in [0, 0.05) is 52.3 Å². The van der Waals surface area contributed by atoms with Gasteiger partial charge in [-0.2, -0.15) is 5.10 Å². The molecule has 25 heavy (non-hydrogen) atoms. The summed E-state index contributed by atoms with van der Waals surface area (Å²) in [6.45, 7) is 8.74. The van der Waals surface area contributed by atoms with Crippen molar-refractivity contribution in [3.05, 3.63) is 18.5 Å². The highest BCUT2D eigenvalue weighted by molar-refractivity contribution is 5.79. The molecule has 2 N–H and O–H groups in total. The number of aromatic nitrogens is 2. The molecule has 0 amide bonds. The summed E-state index contributed by atoms with van der Waals surface area (Å²) in [5.74, 6) is 1.41. The quantitative estimate of drug-likeness (QED) is 0.503. The van der Waals surface area contributed by atoms with E-state index in [1.54, 1.807) is 7.11 Å². The van der Waals surface area contributed by atoms with Gasteiger partial charge in [0.2, 0.25) is 0 Å². The van der Waals surface area contributed by atoms with Crippen LogP contribution in [0.1, 0.15) is 46.0 Å². The number of nitrogens with zero attached hydrogens (tertiary/aromatic N) is 3. The fourth-order valence-electron chi connectivity index (χ4n) is 3.58.